The molecule has 0 N–H and O–H groups in total. The van der Waals surface area contributed by atoms with Gasteiger partial charge < -0.3 is 9.47 Å². The zero-order valence-corrected chi connectivity index (χ0v) is 9.93. The summed E-state index contributed by atoms with van der Waals surface area (Å²) in [7, 11) is 1.50. The van der Waals surface area contributed by atoms with E-state index in [0.29, 0.717) is 24.0 Å². The SMILES string of the molecule is CCC[CH]C(=O)Oc1ccc(OC)cc1C=O. The molecule has 1 aromatic carbocycles. The number of benzene rings is 1. The number of carbonyl (C=O) groups is 2. The standard InChI is InChI=1S/C13H15O4/c1-3-4-5-13(15)17-12-7-6-11(16-2)8-10(12)9-14/h5-9H,3-4H2,1-2H3. The molecule has 0 unspecified atom stereocenters. The fourth-order valence-corrected chi connectivity index (χ4v) is 1.25. The summed E-state index contributed by atoms with van der Waals surface area (Å²) >= 11 is 0. The number of ether oxygens (including phenoxy) is 2. The van der Waals surface area contributed by atoms with Crippen LogP contribution in [0.3, 0.4) is 0 Å². The number of aldehydes is 1. The van der Waals surface area contributed by atoms with Crippen LogP contribution in [0.4, 0.5) is 0 Å². The molecule has 1 aromatic rings. The number of methoxy groups -OCH3 is 1. The average molecular weight is 235 g/mol. The first-order chi connectivity index (χ1) is 8.21. The van der Waals surface area contributed by atoms with Gasteiger partial charge in [-0.2, -0.15) is 0 Å². The molecule has 0 aliphatic heterocycles. The first kappa shape index (κ1) is 13.2. The van der Waals surface area contributed by atoms with E-state index in [1.165, 1.54) is 19.6 Å². The Morgan fingerprint density at radius 2 is 2.18 bits per heavy atom. The minimum atomic E-state index is -0.444. The van der Waals surface area contributed by atoms with Crippen LogP contribution in [0.25, 0.3) is 0 Å². The van der Waals surface area contributed by atoms with E-state index in [9.17, 15) is 9.59 Å². The number of rotatable bonds is 6. The van der Waals surface area contributed by atoms with Crippen molar-refractivity contribution in [2.45, 2.75) is 19.8 Å². The van der Waals surface area contributed by atoms with Crippen molar-refractivity contribution in [1.29, 1.82) is 0 Å². The van der Waals surface area contributed by atoms with E-state index in [4.69, 9.17) is 9.47 Å². The predicted molar refractivity (Wildman–Crippen MR) is 63.2 cm³/mol. The summed E-state index contributed by atoms with van der Waals surface area (Å²) in [6.07, 6.45) is 3.62. The summed E-state index contributed by atoms with van der Waals surface area (Å²) in [6.45, 7) is 1.97. The van der Waals surface area contributed by atoms with Crippen LogP contribution in [0.1, 0.15) is 30.1 Å². The lowest BCUT2D eigenvalue weighted by atomic mass is 10.2. The van der Waals surface area contributed by atoms with Gasteiger partial charge in [0.05, 0.1) is 19.1 Å². The molecule has 4 nitrogen and oxygen atoms in total. The molecule has 0 saturated heterocycles. The second-order valence-corrected chi connectivity index (χ2v) is 3.44. The average Bonchev–Trinajstić information content (AvgIpc) is 2.36. The summed E-state index contributed by atoms with van der Waals surface area (Å²) in [5, 5.41) is 0. The molecule has 0 amide bonds. The molecule has 0 aliphatic carbocycles. The van der Waals surface area contributed by atoms with Crippen molar-refractivity contribution >= 4 is 12.3 Å². The maximum atomic E-state index is 11.4. The highest BCUT2D eigenvalue weighted by Gasteiger charge is 2.09. The van der Waals surface area contributed by atoms with E-state index < -0.39 is 5.97 Å². The van der Waals surface area contributed by atoms with Gasteiger partial charge in [0, 0.05) is 0 Å². The second-order valence-electron chi connectivity index (χ2n) is 3.44. The van der Waals surface area contributed by atoms with Gasteiger partial charge in [0.2, 0.25) is 0 Å². The normalized spacial score (nSPS) is 9.76. The van der Waals surface area contributed by atoms with Crippen molar-refractivity contribution in [3.05, 3.63) is 30.2 Å². The summed E-state index contributed by atoms with van der Waals surface area (Å²) < 4.78 is 10.0. The van der Waals surface area contributed by atoms with Crippen molar-refractivity contribution in [1.82, 2.24) is 0 Å². The van der Waals surface area contributed by atoms with E-state index in [-0.39, 0.29) is 5.75 Å². The third-order valence-corrected chi connectivity index (χ3v) is 2.15. The molecular formula is C13H15O4. The van der Waals surface area contributed by atoms with Gasteiger partial charge in [-0.05, 0) is 24.6 Å². The van der Waals surface area contributed by atoms with E-state index in [0.717, 1.165) is 6.42 Å². The largest absolute Gasteiger partial charge is 0.497 e. The topological polar surface area (TPSA) is 52.6 Å². The third kappa shape index (κ3) is 3.90. The minimum Gasteiger partial charge on any atom is -0.497 e. The van der Waals surface area contributed by atoms with Gasteiger partial charge in [0.25, 0.3) is 0 Å². The van der Waals surface area contributed by atoms with Gasteiger partial charge in [-0.1, -0.05) is 13.3 Å². The zero-order chi connectivity index (χ0) is 12.7. The molecule has 0 heterocycles. The van der Waals surface area contributed by atoms with Crippen LogP contribution in [0, 0.1) is 6.42 Å². The summed E-state index contributed by atoms with van der Waals surface area (Å²) in [5.41, 5.74) is 0.294. The zero-order valence-electron chi connectivity index (χ0n) is 9.93. The maximum absolute atomic E-state index is 11.4. The summed E-state index contributed by atoms with van der Waals surface area (Å²) in [6, 6.07) is 4.70. The molecule has 91 valence electrons. The number of hydrogen-bond donors (Lipinski definition) is 0. The summed E-state index contributed by atoms with van der Waals surface area (Å²) in [4.78, 5) is 22.2. The Bertz CT molecular complexity index is 398. The number of hydrogen-bond acceptors (Lipinski definition) is 4. The van der Waals surface area contributed by atoms with Gasteiger partial charge in [-0.25, -0.2) is 0 Å². The molecule has 4 heteroatoms. The van der Waals surface area contributed by atoms with E-state index in [2.05, 4.69) is 0 Å². The molecule has 0 bridgehead atoms. The number of unbranched alkanes of at least 4 members (excludes halogenated alkanes) is 1. The molecule has 1 radical (unpaired) electrons. The van der Waals surface area contributed by atoms with Crippen molar-refractivity contribution in [2.24, 2.45) is 0 Å². The maximum Gasteiger partial charge on any atom is 0.315 e. The predicted octanol–water partition coefficient (Wildman–Crippen LogP) is 2.42. The Kier molecular flexibility index (Phi) is 5.20. The molecule has 0 fully saturated rings. The molecule has 17 heavy (non-hydrogen) atoms. The molecule has 0 atom stereocenters. The van der Waals surface area contributed by atoms with Gasteiger partial charge in [0.15, 0.2) is 6.29 Å². The smallest absolute Gasteiger partial charge is 0.315 e. The Labute approximate surface area is 101 Å². The summed E-state index contributed by atoms with van der Waals surface area (Å²) in [5.74, 6) is 0.350. The molecule has 1 rings (SSSR count). The van der Waals surface area contributed by atoms with Gasteiger partial charge in [-0.3, -0.25) is 9.59 Å². The fourth-order valence-electron chi connectivity index (χ4n) is 1.25. The third-order valence-electron chi connectivity index (χ3n) is 2.15. The first-order valence-electron chi connectivity index (χ1n) is 5.39. The van der Waals surface area contributed by atoms with Crippen LogP contribution in [0.2, 0.25) is 0 Å². The lowest BCUT2D eigenvalue weighted by Crippen LogP contribution is -2.09. The highest BCUT2D eigenvalue weighted by Crippen LogP contribution is 2.23. The fraction of sp³-hybridized carbons (Fsp3) is 0.308. The van der Waals surface area contributed by atoms with Crippen molar-refractivity contribution in [3.63, 3.8) is 0 Å². The number of esters is 1. The monoisotopic (exact) mass is 235 g/mol. The molecule has 0 aromatic heterocycles. The highest BCUT2D eigenvalue weighted by molar-refractivity contribution is 5.85. The Balaban J connectivity index is 2.76. The van der Waals surface area contributed by atoms with E-state index >= 15 is 0 Å². The quantitative estimate of drug-likeness (QED) is 0.431. The highest BCUT2D eigenvalue weighted by atomic mass is 16.5. The lowest BCUT2D eigenvalue weighted by Gasteiger charge is -2.07. The van der Waals surface area contributed by atoms with Crippen LogP contribution in [-0.4, -0.2) is 19.4 Å². The van der Waals surface area contributed by atoms with E-state index in [1.807, 2.05) is 6.92 Å². The van der Waals surface area contributed by atoms with Crippen molar-refractivity contribution in [2.75, 3.05) is 7.11 Å². The first-order valence-corrected chi connectivity index (χ1v) is 5.39. The Morgan fingerprint density at radius 3 is 2.76 bits per heavy atom. The van der Waals surface area contributed by atoms with Crippen molar-refractivity contribution < 1.29 is 19.1 Å². The lowest BCUT2D eigenvalue weighted by molar-refractivity contribution is -0.130. The molecule has 0 aliphatic rings. The molecule has 0 saturated carbocycles. The van der Waals surface area contributed by atoms with Crippen LogP contribution in [0.15, 0.2) is 18.2 Å². The molecule has 0 spiro atoms. The molecular weight excluding hydrogens is 220 g/mol. The van der Waals surface area contributed by atoms with E-state index in [1.54, 1.807) is 12.1 Å². The van der Waals surface area contributed by atoms with Crippen LogP contribution in [0.5, 0.6) is 11.5 Å². The van der Waals surface area contributed by atoms with Crippen LogP contribution < -0.4 is 9.47 Å². The Hall–Kier alpha value is -1.84. The van der Waals surface area contributed by atoms with Crippen LogP contribution >= 0.6 is 0 Å². The minimum absolute atomic E-state index is 0.248. The second kappa shape index (κ2) is 6.68. The van der Waals surface area contributed by atoms with Gasteiger partial charge in [-0.15, -0.1) is 0 Å². The van der Waals surface area contributed by atoms with Crippen LogP contribution in [-0.2, 0) is 4.79 Å². The number of carbonyl (C=O) groups excluding carboxylic acids is 2. The van der Waals surface area contributed by atoms with Gasteiger partial charge in [0.1, 0.15) is 11.5 Å². The Morgan fingerprint density at radius 1 is 1.41 bits per heavy atom. The van der Waals surface area contributed by atoms with Gasteiger partial charge >= 0.3 is 5.97 Å². The van der Waals surface area contributed by atoms with Crippen molar-refractivity contribution in [3.8, 4) is 11.5 Å².